The SMILES string of the molecule is O=C(Nc1ccccc1)N1CCC2(CC1)C(=O)N(c1cccc(Cl)c1)C2c1ccccn1. The van der Waals surface area contributed by atoms with Crippen molar-refractivity contribution in [3.8, 4) is 0 Å². The summed E-state index contributed by atoms with van der Waals surface area (Å²) in [4.78, 5) is 34.4. The highest BCUT2D eigenvalue weighted by molar-refractivity contribution is 6.31. The molecule has 1 unspecified atom stereocenters. The van der Waals surface area contributed by atoms with Gasteiger partial charge in [-0.1, -0.05) is 41.9 Å². The fourth-order valence-electron chi connectivity index (χ4n) is 4.82. The number of para-hydroxylation sites is 1. The van der Waals surface area contributed by atoms with Crippen LogP contribution in [-0.4, -0.2) is 34.9 Å². The number of nitrogens with one attached hydrogen (secondary N) is 1. The summed E-state index contributed by atoms with van der Waals surface area (Å²) in [5, 5.41) is 3.52. The number of nitrogens with zero attached hydrogens (tertiary/aromatic N) is 3. The van der Waals surface area contributed by atoms with Gasteiger partial charge in [0.05, 0.1) is 17.2 Å². The van der Waals surface area contributed by atoms with Crippen molar-refractivity contribution in [1.82, 2.24) is 9.88 Å². The van der Waals surface area contributed by atoms with Crippen LogP contribution < -0.4 is 10.2 Å². The van der Waals surface area contributed by atoms with Crippen LogP contribution in [0.3, 0.4) is 0 Å². The van der Waals surface area contributed by atoms with E-state index in [1.54, 1.807) is 22.1 Å². The predicted molar refractivity (Wildman–Crippen MR) is 125 cm³/mol. The quantitative estimate of drug-likeness (QED) is 0.566. The van der Waals surface area contributed by atoms with Crippen LogP contribution in [0.25, 0.3) is 0 Å². The summed E-state index contributed by atoms with van der Waals surface area (Å²) in [6.07, 6.45) is 2.93. The number of piperidine rings is 1. The van der Waals surface area contributed by atoms with Crippen LogP contribution >= 0.6 is 11.6 Å². The lowest BCUT2D eigenvalue weighted by Gasteiger charge is -2.58. The number of carbonyl (C=O) groups excluding carboxylic acids is 2. The molecule has 0 aliphatic carbocycles. The number of aromatic nitrogens is 1. The van der Waals surface area contributed by atoms with Gasteiger partial charge in [-0.3, -0.25) is 9.78 Å². The number of hydrogen-bond donors (Lipinski definition) is 1. The van der Waals surface area contributed by atoms with Gasteiger partial charge in [0.15, 0.2) is 0 Å². The Kier molecular flexibility index (Phi) is 5.31. The van der Waals surface area contributed by atoms with Crippen molar-refractivity contribution in [2.45, 2.75) is 18.9 Å². The van der Waals surface area contributed by atoms with E-state index in [9.17, 15) is 9.59 Å². The van der Waals surface area contributed by atoms with Gasteiger partial charge in [0.25, 0.3) is 0 Å². The van der Waals surface area contributed by atoms with Crippen LogP contribution in [0.5, 0.6) is 0 Å². The zero-order valence-corrected chi connectivity index (χ0v) is 18.2. The first kappa shape index (κ1) is 20.5. The number of pyridine rings is 1. The van der Waals surface area contributed by atoms with Crippen molar-refractivity contribution in [3.05, 3.63) is 89.7 Å². The molecule has 2 aliphatic rings. The molecule has 1 N–H and O–H groups in total. The molecule has 2 aliphatic heterocycles. The number of amides is 3. The Balaban J connectivity index is 1.38. The molecular formula is C25H23ClN4O2. The fourth-order valence-corrected chi connectivity index (χ4v) is 5.01. The number of rotatable bonds is 3. The van der Waals surface area contributed by atoms with Crippen LogP contribution in [-0.2, 0) is 4.79 Å². The number of anilines is 2. The van der Waals surface area contributed by atoms with E-state index < -0.39 is 5.41 Å². The van der Waals surface area contributed by atoms with Gasteiger partial charge < -0.3 is 15.1 Å². The maximum absolute atomic E-state index is 13.5. The molecule has 3 aromatic rings. The minimum Gasteiger partial charge on any atom is -0.324 e. The van der Waals surface area contributed by atoms with Crippen LogP contribution in [0.15, 0.2) is 79.0 Å². The van der Waals surface area contributed by atoms with Gasteiger partial charge in [-0.15, -0.1) is 0 Å². The molecule has 0 saturated carbocycles. The Morgan fingerprint density at radius 3 is 2.44 bits per heavy atom. The maximum Gasteiger partial charge on any atom is 0.321 e. The standard InChI is InChI=1S/C25H23ClN4O2/c26-18-7-6-10-20(17-18)30-22(21-11-4-5-14-27-21)25(23(30)31)12-15-29(16-13-25)24(32)28-19-8-2-1-3-9-19/h1-11,14,17,22H,12-13,15-16H2,(H,28,32). The van der Waals surface area contributed by atoms with Gasteiger partial charge in [0, 0.05) is 35.7 Å². The molecule has 162 valence electrons. The van der Waals surface area contributed by atoms with Gasteiger partial charge in [-0.05, 0) is 55.3 Å². The second kappa shape index (κ2) is 8.28. The number of halogens is 1. The zero-order chi connectivity index (χ0) is 22.1. The zero-order valence-electron chi connectivity index (χ0n) is 17.4. The predicted octanol–water partition coefficient (Wildman–Crippen LogP) is 5.14. The molecule has 32 heavy (non-hydrogen) atoms. The van der Waals surface area contributed by atoms with Crippen LogP contribution in [0.2, 0.25) is 5.02 Å². The molecular weight excluding hydrogens is 424 g/mol. The number of carbonyl (C=O) groups is 2. The maximum atomic E-state index is 13.5. The summed E-state index contributed by atoms with van der Waals surface area (Å²) in [5.41, 5.74) is 1.82. The second-order valence-electron chi connectivity index (χ2n) is 8.25. The molecule has 2 saturated heterocycles. The van der Waals surface area contributed by atoms with Gasteiger partial charge in [-0.25, -0.2) is 4.79 Å². The summed E-state index contributed by atoms with van der Waals surface area (Å²) in [6, 6.07) is 22.2. The van der Waals surface area contributed by atoms with Crippen molar-refractivity contribution in [2.75, 3.05) is 23.3 Å². The van der Waals surface area contributed by atoms with Crippen LogP contribution in [0.4, 0.5) is 16.2 Å². The van der Waals surface area contributed by atoms with Gasteiger partial charge in [-0.2, -0.15) is 0 Å². The molecule has 7 heteroatoms. The average Bonchev–Trinajstić information content (AvgIpc) is 2.83. The summed E-state index contributed by atoms with van der Waals surface area (Å²) >= 11 is 6.20. The van der Waals surface area contributed by atoms with Crippen molar-refractivity contribution in [1.29, 1.82) is 0 Å². The third-order valence-electron chi connectivity index (χ3n) is 6.45. The van der Waals surface area contributed by atoms with Crippen molar-refractivity contribution >= 4 is 34.9 Å². The summed E-state index contributed by atoms with van der Waals surface area (Å²) in [5.74, 6) is 0.0681. The number of urea groups is 1. The number of β-lactam (4-membered cyclic amide) rings is 1. The van der Waals surface area contributed by atoms with Gasteiger partial charge in [0.2, 0.25) is 5.91 Å². The van der Waals surface area contributed by atoms with Gasteiger partial charge in [0.1, 0.15) is 0 Å². The molecule has 1 aromatic heterocycles. The highest BCUT2D eigenvalue weighted by Gasteiger charge is 2.62. The molecule has 2 aromatic carbocycles. The largest absolute Gasteiger partial charge is 0.324 e. The first-order valence-corrected chi connectivity index (χ1v) is 11.1. The van der Waals surface area contributed by atoms with E-state index in [2.05, 4.69) is 10.3 Å². The summed E-state index contributed by atoms with van der Waals surface area (Å²) in [6.45, 7) is 1.02. The fraction of sp³-hybridized carbons (Fsp3) is 0.240. The number of benzene rings is 2. The monoisotopic (exact) mass is 446 g/mol. The summed E-state index contributed by atoms with van der Waals surface area (Å²) in [7, 11) is 0. The first-order valence-electron chi connectivity index (χ1n) is 10.7. The average molecular weight is 447 g/mol. The van der Waals surface area contributed by atoms with Crippen molar-refractivity contribution in [2.24, 2.45) is 5.41 Å². The second-order valence-corrected chi connectivity index (χ2v) is 8.69. The molecule has 1 atom stereocenters. The first-order chi connectivity index (χ1) is 15.6. The van der Waals surface area contributed by atoms with Crippen molar-refractivity contribution < 1.29 is 9.59 Å². The number of hydrogen-bond acceptors (Lipinski definition) is 3. The number of likely N-dealkylation sites (tertiary alicyclic amines) is 1. The molecule has 3 amide bonds. The minimum absolute atomic E-state index is 0.0681. The van der Waals surface area contributed by atoms with Crippen LogP contribution in [0.1, 0.15) is 24.6 Å². The summed E-state index contributed by atoms with van der Waals surface area (Å²) < 4.78 is 0. The Labute approximate surface area is 191 Å². The van der Waals surface area contributed by atoms with Crippen molar-refractivity contribution in [3.63, 3.8) is 0 Å². The Morgan fingerprint density at radius 2 is 1.75 bits per heavy atom. The molecule has 2 fully saturated rings. The van der Waals surface area contributed by atoms with E-state index >= 15 is 0 Å². The lowest BCUT2D eigenvalue weighted by molar-refractivity contribution is -0.144. The highest BCUT2D eigenvalue weighted by atomic mass is 35.5. The normalized spacial score (nSPS) is 19.5. The van der Waals surface area contributed by atoms with E-state index in [-0.39, 0.29) is 18.0 Å². The molecule has 0 radical (unpaired) electrons. The van der Waals surface area contributed by atoms with E-state index in [1.807, 2.05) is 66.7 Å². The van der Waals surface area contributed by atoms with Crippen LogP contribution in [0, 0.1) is 5.41 Å². The van der Waals surface area contributed by atoms with E-state index in [4.69, 9.17) is 11.6 Å². The third kappa shape index (κ3) is 3.50. The smallest absolute Gasteiger partial charge is 0.321 e. The Morgan fingerprint density at radius 1 is 1.00 bits per heavy atom. The van der Waals surface area contributed by atoms with E-state index in [0.29, 0.717) is 31.0 Å². The topological polar surface area (TPSA) is 65.5 Å². The minimum atomic E-state index is -0.569. The highest BCUT2D eigenvalue weighted by Crippen LogP contribution is 2.57. The molecule has 3 heterocycles. The lowest BCUT2D eigenvalue weighted by Crippen LogP contribution is -2.67. The molecule has 6 nitrogen and oxygen atoms in total. The molecule has 5 rings (SSSR count). The lowest BCUT2D eigenvalue weighted by atomic mass is 9.63. The van der Waals surface area contributed by atoms with E-state index in [0.717, 1.165) is 17.1 Å². The van der Waals surface area contributed by atoms with E-state index in [1.165, 1.54) is 0 Å². The Hall–Kier alpha value is -3.38. The molecule has 0 bridgehead atoms. The third-order valence-corrected chi connectivity index (χ3v) is 6.68. The molecule has 1 spiro atoms. The Bertz CT molecular complexity index is 1130. The van der Waals surface area contributed by atoms with Gasteiger partial charge >= 0.3 is 6.03 Å².